The van der Waals surface area contributed by atoms with E-state index in [9.17, 15) is 14.4 Å². The lowest BCUT2D eigenvalue weighted by Gasteiger charge is -2.17. The van der Waals surface area contributed by atoms with Crippen molar-refractivity contribution in [2.75, 3.05) is 42.8 Å². The van der Waals surface area contributed by atoms with E-state index in [-0.39, 0.29) is 29.9 Å². The SMILES string of the molecule is COCCNC(=O)CSc1nnc(NC(=O)[C@@H]2CC(=O)N(c3cccc(C)c3)C2)s1. The van der Waals surface area contributed by atoms with Crippen LogP contribution in [0.5, 0.6) is 0 Å². The highest BCUT2D eigenvalue weighted by molar-refractivity contribution is 8.01. The lowest BCUT2D eigenvalue weighted by Crippen LogP contribution is -2.28. The Morgan fingerprint density at radius 2 is 2.20 bits per heavy atom. The first-order valence-electron chi connectivity index (χ1n) is 9.36. The van der Waals surface area contributed by atoms with Crippen LogP contribution in [0.25, 0.3) is 0 Å². The molecule has 1 aliphatic heterocycles. The van der Waals surface area contributed by atoms with Crippen molar-refractivity contribution < 1.29 is 19.1 Å². The average molecular weight is 450 g/mol. The average Bonchev–Trinajstić information content (AvgIpc) is 3.33. The summed E-state index contributed by atoms with van der Waals surface area (Å²) in [6.07, 6.45) is 0.155. The molecule has 2 N–H and O–H groups in total. The standard InChI is InChI=1S/C19H23N5O4S2/c1-12-4-3-5-14(8-12)24-10-13(9-16(24)26)17(27)21-18-22-23-19(30-18)29-11-15(25)20-6-7-28-2/h3-5,8,13H,6-7,9-11H2,1-2H3,(H,20,25)(H,21,22,27)/t13-/m1/s1. The molecule has 9 nitrogen and oxygen atoms in total. The number of thioether (sulfide) groups is 1. The summed E-state index contributed by atoms with van der Waals surface area (Å²) in [7, 11) is 1.57. The van der Waals surface area contributed by atoms with Crippen molar-refractivity contribution in [2.45, 2.75) is 17.7 Å². The van der Waals surface area contributed by atoms with Gasteiger partial charge in [0.05, 0.1) is 18.3 Å². The summed E-state index contributed by atoms with van der Waals surface area (Å²) in [5, 5.41) is 13.7. The van der Waals surface area contributed by atoms with Gasteiger partial charge in [0.15, 0.2) is 4.34 Å². The molecule has 0 aliphatic carbocycles. The molecule has 1 atom stereocenters. The number of nitrogens with one attached hydrogen (secondary N) is 2. The molecule has 2 heterocycles. The van der Waals surface area contributed by atoms with Gasteiger partial charge in [0, 0.05) is 32.3 Å². The molecular weight excluding hydrogens is 426 g/mol. The van der Waals surface area contributed by atoms with Crippen LogP contribution in [-0.2, 0) is 19.1 Å². The Labute approximate surface area is 182 Å². The van der Waals surface area contributed by atoms with Gasteiger partial charge in [-0.25, -0.2) is 0 Å². The van der Waals surface area contributed by atoms with E-state index < -0.39 is 5.92 Å². The second-order valence-corrected chi connectivity index (χ2v) is 8.94. The minimum absolute atomic E-state index is 0.0752. The molecule has 2 aromatic rings. The second-order valence-electron chi connectivity index (χ2n) is 6.74. The number of benzene rings is 1. The normalized spacial score (nSPS) is 16.0. The molecule has 3 rings (SSSR count). The molecule has 1 aliphatic rings. The van der Waals surface area contributed by atoms with Crippen molar-refractivity contribution in [1.29, 1.82) is 0 Å². The third kappa shape index (κ3) is 6.00. The Kier molecular flexibility index (Phi) is 7.77. The van der Waals surface area contributed by atoms with E-state index in [1.807, 2.05) is 31.2 Å². The molecule has 1 saturated heterocycles. The van der Waals surface area contributed by atoms with Crippen molar-refractivity contribution in [1.82, 2.24) is 15.5 Å². The van der Waals surface area contributed by atoms with Gasteiger partial charge in [0.2, 0.25) is 22.9 Å². The number of carbonyl (C=O) groups is 3. The zero-order chi connectivity index (χ0) is 21.5. The molecule has 0 saturated carbocycles. The number of rotatable bonds is 9. The first-order chi connectivity index (χ1) is 14.5. The van der Waals surface area contributed by atoms with Crippen molar-refractivity contribution in [3.63, 3.8) is 0 Å². The number of aromatic nitrogens is 2. The molecule has 1 fully saturated rings. The van der Waals surface area contributed by atoms with Gasteiger partial charge in [0.1, 0.15) is 0 Å². The topological polar surface area (TPSA) is 114 Å². The highest BCUT2D eigenvalue weighted by atomic mass is 32.2. The number of carbonyl (C=O) groups excluding carboxylic acids is 3. The number of amides is 3. The summed E-state index contributed by atoms with van der Waals surface area (Å²) in [5.41, 5.74) is 1.85. The van der Waals surface area contributed by atoms with Gasteiger partial charge in [-0.3, -0.25) is 14.4 Å². The van der Waals surface area contributed by atoms with E-state index in [1.165, 1.54) is 23.1 Å². The van der Waals surface area contributed by atoms with Crippen molar-refractivity contribution in [2.24, 2.45) is 5.92 Å². The zero-order valence-electron chi connectivity index (χ0n) is 16.7. The summed E-state index contributed by atoms with van der Waals surface area (Å²) < 4.78 is 5.45. The Bertz CT molecular complexity index is 920. The van der Waals surface area contributed by atoms with Gasteiger partial charge in [0.25, 0.3) is 0 Å². The van der Waals surface area contributed by atoms with Crippen molar-refractivity contribution in [3.05, 3.63) is 29.8 Å². The molecule has 0 bridgehead atoms. The summed E-state index contributed by atoms with van der Waals surface area (Å²) in [6.45, 7) is 3.20. The molecule has 11 heteroatoms. The predicted molar refractivity (Wildman–Crippen MR) is 116 cm³/mol. The lowest BCUT2D eigenvalue weighted by atomic mass is 10.1. The van der Waals surface area contributed by atoms with Crippen LogP contribution in [-0.4, -0.2) is 60.5 Å². The Morgan fingerprint density at radius 1 is 1.37 bits per heavy atom. The van der Waals surface area contributed by atoms with E-state index in [2.05, 4.69) is 20.8 Å². The third-order valence-electron chi connectivity index (χ3n) is 4.40. The number of hydrogen-bond donors (Lipinski definition) is 2. The highest BCUT2D eigenvalue weighted by Gasteiger charge is 2.35. The van der Waals surface area contributed by atoms with Crippen LogP contribution in [0, 0.1) is 12.8 Å². The minimum atomic E-state index is -0.454. The summed E-state index contributed by atoms with van der Waals surface area (Å²) in [4.78, 5) is 38.3. The Balaban J connectivity index is 1.49. The van der Waals surface area contributed by atoms with Crippen LogP contribution < -0.4 is 15.5 Å². The molecule has 160 valence electrons. The number of nitrogens with zero attached hydrogens (tertiary/aromatic N) is 3. The fourth-order valence-electron chi connectivity index (χ4n) is 2.93. The maximum Gasteiger partial charge on any atom is 0.231 e. The number of methoxy groups -OCH3 is 1. The van der Waals surface area contributed by atoms with Crippen molar-refractivity contribution in [3.8, 4) is 0 Å². The van der Waals surface area contributed by atoms with Crippen LogP contribution >= 0.6 is 23.1 Å². The number of aryl methyl sites for hydroxylation is 1. The molecule has 3 amide bonds. The molecule has 0 spiro atoms. The van der Waals surface area contributed by atoms with E-state index in [4.69, 9.17) is 4.74 Å². The van der Waals surface area contributed by atoms with Gasteiger partial charge >= 0.3 is 0 Å². The summed E-state index contributed by atoms with van der Waals surface area (Å²) in [6, 6.07) is 7.65. The zero-order valence-corrected chi connectivity index (χ0v) is 18.3. The van der Waals surface area contributed by atoms with E-state index in [0.717, 1.165) is 11.3 Å². The van der Waals surface area contributed by atoms with E-state index in [1.54, 1.807) is 12.0 Å². The van der Waals surface area contributed by atoms with Gasteiger partial charge in [-0.05, 0) is 24.6 Å². The maximum absolute atomic E-state index is 12.6. The fraction of sp³-hybridized carbons (Fsp3) is 0.421. The van der Waals surface area contributed by atoms with Gasteiger partial charge in [-0.2, -0.15) is 0 Å². The van der Waals surface area contributed by atoms with E-state index >= 15 is 0 Å². The number of anilines is 2. The molecular formula is C19H23N5O4S2. The Morgan fingerprint density at radius 3 is 2.97 bits per heavy atom. The van der Waals surface area contributed by atoms with Gasteiger partial charge in [-0.1, -0.05) is 35.2 Å². The molecule has 0 unspecified atom stereocenters. The fourth-order valence-corrected chi connectivity index (χ4v) is 4.51. The van der Waals surface area contributed by atoms with E-state index in [0.29, 0.717) is 29.2 Å². The van der Waals surface area contributed by atoms with Gasteiger partial charge < -0.3 is 20.3 Å². The molecule has 30 heavy (non-hydrogen) atoms. The Hall–Kier alpha value is -2.50. The lowest BCUT2D eigenvalue weighted by molar-refractivity contribution is -0.122. The molecule has 0 radical (unpaired) electrons. The first kappa shape index (κ1) is 22.2. The summed E-state index contributed by atoms with van der Waals surface area (Å²) >= 11 is 2.44. The highest BCUT2D eigenvalue weighted by Crippen LogP contribution is 2.29. The predicted octanol–water partition coefficient (Wildman–Crippen LogP) is 1.69. The molecule has 1 aromatic heterocycles. The van der Waals surface area contributed by atoms with Crippen LogP contribution in [0.1, 0.15) is 12.0 Å². The van der Waals surface area contributed by atoms with Crippen LogP contribution in [0.3, 0.4) is 0 Å². The second kappa shape index (κ2) is 10.5. The number of ether oxygens (including phenoxy) is 1. The van der Waals surface area contributed by atoms with Crippen molar-refractivity contribution >= 4 is 51.6 Å². The largest absolute Gasteiger partial charge is 0.383 e. The number of hydrogen-bond acceptors (Lipinski definition) is 8. The quantitative estimate of drug-likeness (QED) is 0.340. The van der Waals surface area contributed by atoms with Crippen LogP contribution in [0.4, 0.5) is 10.8 Å². The first-order valence-corrected chi connectivity index (χ1v) is 11.2. The van der Waals surface area contributed by atoms with Crippen LogP contribution in [0.15, 0.2) is 28.6 Å². The van der Waals surface area contributed by atoms with Crippen LogP contribution in [0.2, 0.25) is 0 Å². The third-order valence-corrected chi connectivity index (χ3v) is 6.37. The molecule has 1 aromatic carbocycles. The monoisotopic (exact) mass is 449 g/mol. The smallest absolute Gasteiger partial charge is 0.231 e. The van der Waals surface area contributed by atoms with Gasteiger partial charge in [-0.15, -0.1) is 10.2 Å². The summed E-state index contributed by atoms with van der Waals surface area (Å²) in [5.74, 6) is -0.713. The maximum atomic E-state index is 12.6. The minimum Gasteiger partial charge on any atom is -0.383 e.